The minimum atomic E-state index is 0.394. The van der Waals surface area contributed by atoms with E-state index in [0.29, 0.717) is 5.92 Å². The van der Waals surface area contributed by atoms with E-state index >= 15 is 0 Å². The van der Waals surface area contributed by atoms with Gasteiger partial charge in [0.1, 0.15) is 17.3 Å². The molecule has 26 heavy (non-hydrogen) atoms. The van der Waals surface area contributed by atoms with Gasteiger partial charge in [-0.1, -0.05) is 18.2 Å². The van der Waals surface area contributed by atoms with E-state index in [1.165, 1.54) is 22.0 Å². The third-order valence-corrected chi connectivity index (χ3v) is 5.48. The molecular weight excluding hydrogens is 322 g/mol. The summed E-state index contributed by atoms with van der Waals surface area (Å²) in [7, 11) is 1.69. The maximum Gasteiger partial charge on any atom is 0.134 e. The molecule has 0 amide bonds. The van der Waals surface area contributed by atoms with Crippen LogP contribution in [0, 0.1) is 0 Å². The van der Waals surface area contributed by atoms with Crippen LogP contribution in [-0.4, -0.2) is 12.1 Å². The maximum absolute atomic E-state index is 6.25. The predicted octanol–water partition coefficient (Wildman–Crippen LogP) is 5.90. The zero-order valence-electron chi connectivity index (χ0n) is 14.8. The SMILES string of the molecule is COc1ccc(-c2cc3c(o2)CCC[C@H]3c2c[nH]c3ccccc23)cc1. The number of fused-ring (bicyclic) bond motifs is 2. The molecule has 130 valence electrons. The molecule has 1 aliphatic rings. The van der Waals surface area contributed by atoms with Crippen LogP contribution in [0.4, 0.5) is 0 Å². The highest BCUT2D eigenvalue weighted by Gasteiger charge is 2.27. The number of hydrogen-bond acceptors (Lipinski definition) is 2. The first kappa shape index (κ1) is 15.3. The van der Waals surface area contributed by atoms with Crippen LogP contribution in [0.25, 0.3) is 22.2 Å². The zero-order valence-corrected chi connectivity index (χ0v) is 14.8. The van der Waals surface area contributed by atoms with Gasteiger partial charge in [-0.15, -0.1) is 0 Å². The van der Waals surface area contributed by atoms with Crippen molar-refractivity contribution in [1.82, 2.24) is 4.98 Å². The van der Waals surface area contributed by atoms with Crippen LogP contribution in [0.2, 0.25) is 0 Å². The van der Waals surface area contributed by atoms with Crippen molar-refractivity contribution >= 4 is 10.9 Å². The van der Waals surface area contributed by atoms with Gasteiger partial charge < -0.3 is 14.1 Å². The summed E-state index contributed by atoms with van der Waals surface area (Å²) in [5.74, 6) is 3.34. The Morgan fingerprint density at radius 3 is 2.73 bits per heavy atom. The molecular formula is C23H21NO2. The van der Waals surface area contributed by atoms with Crippen molar-refractivity contribution in [2.45, 2.75) is 25.2 Å². The van der Waals surface area contributed by atoms with E-state index in [-0.39, 0.29) is 0 Å². The van der Waals surface area contributed by atoms with Gasteiger partial charge in [0.05, 0.1) is 7.11 Å². The highest BCUT2D eigenvalue weighted by molar-refractivity contribution is 5.84. The fraction of sp³-hybridized carbons (Fsp3) is 0.217. The van der Waals surface area contributed by atoms with Gasteiger partial charge in [0.15, 0.2) is 0 Å². The average molecular weight is 343 g/mol. The Kier molecular flexibility index (Phi) is 3.59. The van der Waals surface area contributed by atoms with Crippen LogP contribution in [0.15, 0.2) is 65.2 Å². The number of furan rings is 1. The molecule has 2 heterocycles. The lowest BCUT2D eigenvalue weighted by Gasteiger charge is -2.21. The van der Waals surface area contributed by atoms with Crippen molar-refractivity contribution < 1.29 is 9.15 Å². The van der Waals surface area contributed by atoms with E-state index < -0.39 is 0 Å². The number of H-pyrrole nitrogens is 1. The summed E-state index contributed by atoms with van der Waals surface area (Å²) < 4.78 is 11.5. The van der Waals surface area contributed by atoms with Crippen molar-refractivity contribution in [3.05, 3.63) is 77.7 Å². The van der Waals surface area contributed by atoms with E-state index in [0.717, 1.165) is 42.1 Å². The molecule has 0 spiro atoms. The molecule has 0 bridgehead atoms. The second-order valence-electron chi connectivity index (χ2n) is 6.95. The third kappa shape index (κ3) is 2.43. The van der Waals surface area contributed by atoms with Crippen LogP contribution in [0.1, 0.15) is 35.6 Å². The number of aromatic amines is 1. The highest BCUT2D eigenvalue weighted by Crippen LogP contribution is 2.42. The van der Waals surface area contributed by atoms with Gasteiger partial charge in [-0.25, -0.2) is 0 Å². The fourth-order valence-electron chi connectivity index (χ4n) is 4.16. The van der Waals surface area contributed by atoms with Crippen LogP contribution >= 0.6 is 0 Å². The smallest absolute Gasteiger partial charge is 0.134 e. The van der Waals surface area contributed by atoms with Crippen molar-refractivity contribution in [2.24, 2.45) is 0 Å². The molecule has 0 unspecified atom stereocenters. The number of methoxy groups -OCH3 is 1. The van der Waals surface area contributed by atoms with E-state index in [1.54, 1.807) is 7.11 Å². The Bertz CT molecular complexity index is 1060. The molecule has 2 aromatic heterocycles. The Labute approximate surface area is 152 Å². The quantitative estimate of drug-likeness (QED) is 0.502. The molecule has 1 N–H and O–H groups in total. The number of aromatic nitrogens is 1. The first-order chi connectivity index (χ1) is 12.8. The number of rotatable bonds is 3. The number of nitrogens with one attached hydrogen (secondary N) is 1. The van der Waals surface area contributed by atoms with E-state index in [4.69, 9.17) is 9.15 Å². The second kappa shape index (κ2) is 6.10. The molecule has 0 fully saturated rings. The zero-order chi connectivity index (χ0) is 17.5. The van der Waals surface area contributed by atoms with Crippen molar-refractivity contribution in [2.75, 3.05) is 7.11 Å². The molecule has 0 aliphatic heterocycles. The summed E-state index contributed by atoms with van der Waals surface area (Å²) in [5.41, 5.74) is 5.02. The molecule has 1 aliphatic carbocycles. The number of ether oxygens (including phenoxy) is 1. The lowest BCUT2D eigenvalue weighted by atomic mass is 9.82. The topological polar surface area (TPSA) is 38.2 Å². The average Bonchev–Trinajstić information content (AvgIpc) is 3.32. The van der Waals surface area contributed by atoms with E-state index in [1.807, 2.05) is 12.1 Å². The minimum absolute atomic E-state index is 0.394. The first-order valence-electron chi connectivity index (χ1n) is 9.16. The molecule has 0 saturated carbocycles. The van der Waals surface area contributed by atoms with Crippen LogP contribution < -0.4 is 4.74 Å². The Hall–Kier alpha value is -2.94. The van der Waals surface area contributed by atoms with Gasteiger partial charge in [0.25, 0.3) is 0 Å². The Balaban J connectivity index is 1.57. The largest absolute Gasteiger partial charge is 0.497 e. The van der Waals surface area contributed by atoms with Gasteiger partial charge in [-0.3, -0.25) is 0 Å². The van der Waals surface area contributed by atoms with Crippen molar-refractivity contribution in [3.8, 4) is 17.1 Å². The predicted molar refractivity (Wildman–Crippen MR) is 104 cm³/mol. The summed E-state index contributed by atoms with van der Waals surface area (Å²) in [6, 6.07) is 18.9. The molecule has 4 aromatic rings. The molecule has 3 heteroatoms. The lowest BCUT2D eigenvalue weighted by Crippen LogP contribution is -2.08. The second-order valence-corrected chi connectivity index (χ2v) is 6.95. The van der Waals surface area contributed by atoms with Gasteiger partial charge in [0, 0.05) is 40.6 Å². The summed E-state index contributed by atoms with van der Waals surface area (Å²) in [5, 5.41) is 1.32. The van der Waals surface area contributed by atoms with Gasteiger partial charge >= 0.3 is 0 Å². The lowest BCUT2D eigenvalue weighted by molar-refractivity contribution is 0.415. The summed E-state index contributed by atoms with van der Waals surface area (Å²) in [4.78, 5) is 3.42. The molecule has 1 atom stereocenters. The molecule has 2 aromatic carbocycles. The minimum Gasteiger partial charge on any atom is -0.497 e. The van der Waals surface area contributed by atoms with Crippen molar-refractivity contribution in [1.29, 1.82) is 0 Å². The third-order valence-electron chi connectivity index (χ3n) is 5.48. The number of aryl methyl sites for hydroxylation is 1. The van der Waals surface area contributed by atoms with Crippen LogP contribution in [-0.2, 0) is 6.42 Å². The van der Waals surface area contributed by atoms with E-state index in [2.05, 4.69) is 53.6 Å². The van der Waals surface area contributed by atoms with Gasteiger partial charge in [-0.2, -0.15) is 0 Å². The monoisotopic (exact) mass is 343 g/mol. The number of para-hydroxylation sites is 1. The fourth-order valence-corrected chi connectivity index (χ4v) is 4.16. The molecule has 5 rings (SSSR count). The number of hydrogen-bond donors (Lipinski definition) is 1. The van der Waals surface area contributed by atoms with Crippen LogP contribution in [0.3, 0.4) is 0 Å². The first-order valence-corrected chi connectivity index (χ1v) is 9.16. The Morgan fingerprint density at radius 1 is 1.04 bits per heavy atom. The summed E-state index contributed by atoms with van der Waals surface area (Å²) in [6.07, 6.45) is 5.51. The van der Waals surface area contributed by atoms with E-state index in [9.17, 15) is 0 Å². The number of benzene rings is 2. The molecule has 3 nitrogen and oxygen atoms in total. The standard InChI is InChI=1S/C23H21NO2/c1-25-16-11-9-15(10-12-16)23-13-19-17(6-4-8-22(19)26-23)20-14-24-21-7-3-2-5-18(20)21/h2-3,5,7,9-14,17,24H,4,6,8H2,1H3/t17-/m1/s1. The highest BCUT2D eigenvalue weighted by atomic mass is 16.5. The van der Waals surface area contributed by atoms with Gasteiger partial charge in [-0.05, 0) is 54.8 Å². The molecule has 0 saturated heterocycles. The maximum atomic E-state index is 6.25. The van der Waals surface area contributed by atoms with Gasteiger partial charge in [0.2, 0.25) is 0 Å². The molecule has 0 radical (unpaired) electrons. The van der Waals surface area contributed by atoms with Crippen LogP contribution in [0.5, 0.6) is 5.75 Å². The summed E-state index contributed by atoms with van der Waals surface area (Å²) >= 11 is 0. The summed E-state index contributed by atoms with van der Waals surface area (Å²) in [6.45, 7) is 0. The van der Waals surface area contributed by atoms with Crippen molar-refractivity contribution in [3.63, 3.8) is 0 Å². The normalized spacial score (nSPS) is 16.6. The Morgan fingerprint density at radius 2 is 1.88 bits per heavy atom.